The van der Waals surface area contributed by atoms with Crippen LogP contribution in [0.4, 0.5) is 17.1 Å². The molecule has 1 nitrogen and oxygen atoms in total. The number of hydrogen-bond acceptors (Lipinski definition) is 1. The number of hydrogen-bond donors (Lipinski definition) is 0. The van der Waals surface area contributed by atoms with Gasteiger partial charge >= 0.3 is 0 Å². The summed E-state index contributed by atoms with van der Waals surface area (Å²) in [5.41, 5.74) is 24.3. The first-order valence-electron chi connectivity index (χ1n) is 26.1. The summed E-state index contributed by atoms with van der Waals surface area (Å²) in [4.78, 5) is 2.57. The molecule has 0 fully saturated rings. The van der Waals surface area contributed by atoms with E-state index >= 15 is 0 Å². The molecule has 14 rings (SSSR count). The third kappa shape index (κ3) is 6.93. The van der Waals surface area contributed by atoms with Gasteiger partial charge in [0.25, 0.3) is 0 Å². The smallest absolute Gasteiger partial charge is 0.0714 e. The maximum absolute atomic E-state index is 2.57. The van der Waals surface area contributed by atoms with Crippen LogP contribution in [0.15, 0.2) is 309 Å². The van der Waals surface area contributed by atoms with Crippen molar-refractivity contribution in [2.75, 3.05) is 4.90 Å². The zero-order valence-corrected chi connectivity index (χ0v) is 41.4. The van der Waals surface area contributed by atoms with E-state index < -0.39 is 10.8 Å². The van der Waals surface area contributed by atoms with Crippen molar-refractivity contribution in [1.82, 2.24) is 0 Å². The minimum absolute atomic E-state index is 0.568. The average molecular weight is 954 g/mol. The molecule has 75 heavy (non-hydrogen) atoms. The molecular formula is C74H51N. The van der Waals surface area contributed by atoms with Gasteiger partial charge in [-0.25, -0.2) is 0 Å². The lowest BCUT2D eigenvalue weighted by atomic mass is 9.67. The highest BCUT2D eigenvalue weighted by Crippen LogP contribution is 2.63. The Balaban J connectivity index is 1.05. The van der Waals surface area contributed by atoms with Gasteiger partial charge in [0.15, 0.2) is 0 Å². The maximum atomic E-state index is 2.57. The van der Waals surface area contributed by atoms with Crippen LogP contribution in [-0.4, -0.2) is 0 Å². The molecular weight excluding hydrogens is 903 g/mol. The molecule has 0 heterocycles. The number of nitrogens with zero attached hydrogens (tertiary/aromatic N) is 1. The molecule has 0 aliphatic heterocycles. The van der Waals surface area contributed by atoms with Crippen LogP contribution in [0.2, 0.25) is 0 Å². The van der Waals surface area contributed by atoms with Crippen LogP contribution >= 0.6 is 0 Å². The van der Waals surface area contributed by atoms with Crippen molar-refractivity contribution in [1.29, 1.82) is 0 Å². The summed E-state index contributed by atoms with van der Waals surface area (Å²) in [6.45, 7) is 0. The molecule has 12 aromatic carbocycles. The number of benzene rings is 12. The molecule has 0 saturated heterocycles. The highest BCUT2D eigenvalue weighted by atomic mass is 15.1. The van der Waals surface area contributed by atoms with Crippen LogP contribution in [-0.2, 0) is 10.8 Å². The predicted molar refractivity (Wildman–Crippen MR) is 312 cm³/mol. The van der Waals surface area contributed by atoms with Gasteiger partial charge in [-0.1, -0.05) is 267 Å². The van der Waals surface area contributed by atoms with Gasteiger partial charge in [-0.2, -0.15) is 0 Å². The van der Waals surface area contributed by atoms with Gasteiger partial charge in [-0.05, 0) is 131 Å². The molecule has 2 aliphatic rings. The molecule has 0 N–H and O–H groups in total. The molecule has 0 aromatic heterocycles. The molecule has 0 amide bonds. The fraction of sp³-hybridized carbons (Fsp3) is 0.0270. The Morgan fingerprint density at radius 2 is 0.507 bits per heavy atom. The van der Waals surface area contributed by atoms with Gasteiger partial charge in [-0.3, -0.25) is 0 Å². The lowest BCUT2D eigenvalue weighted by molar-refractivity contribution is 0.768. The van der Waals surface area contributed by atoms with Crippen LogP contribution in [0.1, 0.15) is 44.5 Å². The molecule has 12 aromatic rings. The largest absolute Gasteiger partial charge is 0.309 e. The second-order valence-corrected chi connectivity index (χ2v) is 19.9. The first-order chi connectivity index (χ1) is 37.2. The molecule has 0 spiro atoms. The van der Waals surface area contributed by atoms with Gasteiger partial charge in [0.2, 0.25) is 0 Å². The van der Waals surface area contributed by atoms with Crippen LogP contribution in [0.3, 0.4) is 0 Å². The highest BCUT2D eigenvalue weighted by molar-refractivity contribution is 6.02. The van der Waals surface area contributed by atoms with Crippen LogP contribution in [0.5, 0.6) is 0 Å². The van der Waals surface area contributed by atoms with Gasteiger partial charge in [0.1, 0.15) is 0 Å². The summed E-state index contributed by atoms with van der Waals surface area (Å²) in [6.07, 6.45) is 0. The Labute approximate surface area is 440 Å². The molecule has 0 radical (unpaired) electrons. The van der Waals surface area contributed by atoms with Crippen molar-refractivity contribution in [3.05, 3.63) is 354 Å². The van der Waals surface area contributed by atoms with E-state index in [2.05, 4.69) is 314 Å². The van der Waals surface area contributed by atoms with E-state index in [1.165, 1.54) is 94.6 Å². The zero-order valence-electron chi connectivity index (χ0n) is 41.4. The van der Waals surface area contributed by atoms with E-state index in [-0.39, 0.29) is 0 Å². The van der Waals surface area contributed by atoms with Crippen molar-refractivity contribution in [2.45, 2.75) is 10.8 Å². The summed E-state index contributed by atoms with van der Waals surface area (Å²) >= 11 is 0. The van der Waals surface area contributed by atoms with Gasteiger partial charge in [-0.15, -0.1) is 0 Å². The molecule has 2 aliphatic carbocycles. The van der Waals surface area contributed by atoms with Crippen molar-refractivity contribution >= 4 is 17.1 Å². The minimum Gasteiger partial charge on any atom is -0.309 e. The van der Waals surface area contributed by atoms with Crippen molar-refractivity contribution in [3.63, 3.8) is 0 Å². The van der Waals surface area contributed by atoms with Crippen molar-refractivity contribution in [2.24, 2.45) is 0 Å². The first-order valence-corrected chi connectivity index (χ1v) is 26.1. The molecule has 0 saturated carbocycles. The van der Waals surface area contributed by atoms with Crippen LogP contribution in [0, 0.1) is 0 Å². The maximum Gasteiger partial charge on any atom is 0.0714 e. The molecule has 0 unspecified atom stereocenters. The molecule has 1 heteroatoms. The molecule has 0 bridgehead atoms. The zero-order chi connectivity index (χ0) is 49.8. The Hall–Kier alpha value is -9.56. The molecule has 0 atom stereocenters. The van der Waals surface area contributed by atoms with Crippen molar-refractivity contribution < 1.29 is 0 Å². The second kappa shape index (κ2) is 18.2. The van der Waals surface area contributed by atoms with Gasteiger partial charge < -0.3 is 4.90 Å². The third-order valence-electron chi connectivity index (χ3n) is 16.0. The summed E-state index contributed by atoms with van der Waals surface area (Å²) < 4.78 is 0. The lowest BCUT2D eigenvalue weighted by Gasteiger charge is -2.35. The Morgan fingerprint density at radius 3 is 0.867 bits per heavy atom. The van der Waals surface area contributed by atoms with E-state index in [4.69, 9.17) is 0 Å². The van der Waals surface area contributed by atoms with E-state index in [1.807, 2.05) is 0 Å². The second-order valence-electron chi connectivity index (χ2n) is 19.9. The quantitative estimate of drug-likeness (QED) is 0.132. The molecule has 352 valence electrons. The summed E-state index contributed by atoms with van der Waals surface area (Å²) in [5.74, 6) is 0. The summed E-state index contributed by atoms with van der Waals surface area (Å²) in [7, 11) is 0. The Morgan fingerprint density at radius 1 is 0.213 bits per heavy atom. The van der Waals surface area contributed by atoms with E-state index in [1.54, 1.807) is 0 Å². The SMILES string of the molecule is c1ccc(-c2cc(-c3ccccc3)cc(-c3ccc(N(c4cccc5c4-c4ccccc4C5(c4ccccc4)c4ccccc4)c4cccc5c4-c4ccccc4C5(c4ccccc4)c4ccccc4)cc3)c2)cc1. The van der Waals surface area contributed by atoms with Crippen molar-refractivity contribution in [3.8, 4) is 55.6 Å². The first kappa shape index (κ1) is 44.2. The Bertz CT molecular complexity index is 3700. The Kier molecular flexibility index (Phi) is 10.7. The normalized spacial score (nSPS) is 13.3. The topological polar surface area (TPSA) is 3.24 Å². The standard InChI is InChI=1S/C74H51N/c1-7-25-52(26-8-1)55-49-56(53-27-9-2-10-28-53)51-57(50-55)54-45-47-62(48-46-54)75(69-43-23-41-67-71(69)63-37-19-21-39-65(63)73(67,58-29-11-3-12-30-58)59-31-13-4-14-32-59)70-44-24-42-68-72(70)64-38-20-22-40-66(64)74(68,60-33-15-5-16-34-60)61-35-17-6-18-36-61/h1-51H. The number of fused-ring (bicyclic) bond motifs is 6. The number of rotatable bonds is 10. The third-order valence-corrected chi connectivity index (χ3v) is 16.0. The number of anilines is 3. The van der Waals surface area contributed by atoms with Crippen LogP contribution < -0.4 is 4.90 Å². The summed E-state index contributed by atoms with van der Waals surface area (Å²) in [5, 5.41) is 0. The van der Waals surface area contributed by atoms with E-state index in [0.29, 0.717) is 0 Å². The van der Waals surface area contributed by atoms with Crippen LogP contribution in [0.25, 0.3) is 55.6 Å². The monoisotopic (exact) mass is 953 g/mol. The highest BCUT2D eigenvalue weighted by Gasteiger charge is 2.49. The average Bonchev–Trinajstić information content (AvgIpc) is 4.01. The van der Waals surface area contributed by atoms with E-state index in [9.17, 15) is 0 Å². The van der Waals surface area contributed by atoms with Gasteiger partial charge in [0, 0.05) is 16.8 Å². The predicted octanol–water partition coefficient (Wildman–Crippen LogP) is 18.9. The minimum atomic E-state index is -0.568. The van der Waals surface area contributed by atoms with E-state index in [0.717, 1.165) is 22.6 Å². The summed E-state index contributed by atoms with van der Waals surface area (Å²) in [6, 6.07) is 115. The fourth-order valence-electron chi connectivity index (χ4n) is 12.9. The lowest BCUT2D eigenvalue weighted by Crippen LogP contribution is -2.28. The fourth-order valence-corrected chi connectivity index (χ4v) is 12.9. The van der Waals surface area contributed by atoms with Gasteiger partial charge in [0.05, 0.1) is 22.2 Å².